The van der Waals surface area contributed by atoms with Crippen LogP contribution in [-0.2, 0) is 6.18 Å². The lowest BCUT2D eigenvalue weighted by Gasteiger charge is -2.13. The maximum atomic E-state index is 13.3. The van der Waals surface area contributed by atoms with Crippen molar-refractivity contribution in [3.63, 3.8) is 0 Å². The molecule has 0 aliphatic heterocycles. The lowest BCUT2D eigenvalue weighted by atomic mass is 9.91. The van der Waals surface area contributed by atoms with Crippen LogP contribution in [0.2, 0.25) is 5.02 Å². The SMILES string of the molecule is Cc1ccc(-c2sc(-c3ccccc3)c(-c3ccc(Cl)cc3)c2-c2ccc(C(F)(F)F)cc2)cc1. The van der Waals surface area contributed by atoms with Crippen molar-refractivity contribution < 1.29 is 13.2 Å². The fourth-order valence-corrected chi connectivity index (χ4v) is 5.61. The van der Waals surface area contributed by atoms with Gasteiger partial charge in [-0.15, -0.1) is 11.3 Å². The molecule has 5 rings (SSSR count). The number of halogens is 4. The van der Waals surface area contributed by atoms with Crippen molar-refractivity contribution in [2.24, 2.45) is 0 Å². The van der Waals surface area contributed by atoms with E-state index in [-0.39, 0.29) is 0 Å². The first-order valence-corrected chi connectivity index (χ1v) is 12.2. The number of hydrogen-bond acceptors (Lipinski definition) is 1. The molecule has 174 valence electrons. The highest BCUT2D eigenvalue weighted by molar-refractivity contribution is 7.20. The average molecular weight is 505 g/mol. The molecule has 1 aromatic heterocycles. The van der Waals surface area contributed by atoms with E-state index >= 15 is 0 Å². The maximum absolute atomic E-state index is 13.3. The minimum atomic E-state index is -4.39. The molecule has 0 fully saturated rings. The summed E-state index contributed by atoms with van der Waals surface area (Å²) in [6, 6.07) is 31.3. The molecule has 0 spiro atoms. The first kappa shape index (κ1) is 23.4. The number of alkyl halides is 3. The molecule has 0 N–H and O–H groups in total. The number of thiophene rings is 1. The molecule has 0 bridgehead atoms. The lowest BCUT2D eigenvalue weighted by molar-refractivity contribution is -0.137. The van der Waals surface area contributed by atoms with Crippen molar-refractivity contribution in [3.05, 3.63) is 119 Å². The Morgan fingerprint density at radius 1 is 0.571 bits per heavy atom. The van der Waals surface area contributed by atoms with Gasteiger partial charge >= 0.3 is 6.18 Å². The summed E-state index contributed by atoms with van der Waals surface area (Å²) in [5, 5.41) is 0.625. The van der Waals surface area contributed by atoms with Crippen LogP contribution in [-0.4, -0.2) is 0 Å². The van der Waals surface area contributed by atoms with Gasteiger partial charge in [-0.05, 0) is 53.4 Å². The Bertz CT molecular complexity index is 1450. The summed E-state index contributed by atoms with van der Waals surface area (Å²) < 4.78 is 39.9. The molecule has 0 atom stereocenters. The summed E-state index contributed by atoms with van der Waals surface area (Å²) in [5.74, 6) is 0. The van der Waals surface area contributed by atoms with E-state index in [1.165, 1.54) is 0 Å². The number of aryl methyl sites for hydroxylation is 1. The second-order valence-corrected chi connectivity index (χ2v) is 9.78. The summed E-state index contributed by atoms with van der Waals surface area (Å²) >= 11 is 7.83. The van der Waals surface area contributed by atoms with Gasteiger partial charge in [-0.3, -0.25) is 0 Å². The number of hydrogen-bond donors (Lipinski definition) is 0. The van der Waals surface area contributed by atoms with Crippen molar-refractivity contribution in [1.82, 2.24) is 0 Å². The van der Waals surface area contributed by atoms with E-state index in [0.29, 0.717) is 5.02 Å². The minimum absolute atomic E-state index is 0.625. The van der Waals surface area contributed by atoms with E-state index < -0.39 is 11.7 Å². The van der Waals surface area contributed by atoms with E-state index in [1.807, 2.05) is 49.4 Å². The molecule has 0 amide bonds. The highest BCUT2D eigenvalue weighted by Crippen LogP contribution is 2.52. The van der Waals surface area contributed by atoms with Crippen LogP contribution in [0.25, 0.3) is 43.1 Å². The Hall–Kier alpha value is -3.34. The van der Waals surface area contributed by atoms with Crippen LogP contribution in [0.1, 0.15) is 11.1 Å². The minimum Gasteiger partial charge on any atom is -0.166 e. The van der Waals surface area contributed by atoms with Crippen molar-refractivity contribution in [2.45, 2.75) is 13.1 Å². The predicted molar refractivity (Wildman–Crippen MR) is 141 cm³/mol. The zero-order chi connectivity index (χ0) is 24.6. The van der Waals surface area contributed by atoms with Crippen LogP contribution in [0.5, 0.6) is 0 Å². The van der Waals surface area contributed by atoms with Gasteiger partial charge < -0.3 is 0 Å². The van der Waals surface area contributed by atoms with Crippen LogP contribution in [0.4, 0.5) is 13.2 Å². The van der Waals surface area contributed by atoms with Crippen molar-refractivity contribution in [1.29, 1.82) is 0 Å². The summed E-state index contributed by atoms with van der Waals surface area (Å²) in [6.07, 6.45) is -4.39. The molecule has 5 aromatic rings. The van der Waals surface area contributed by atoms with Gasteiger partial charge in [-0.1, -0.05) is 96.0 Å². The molecule has 0 nitrogen and oxygen atoms in total. The van der Waals surface area contributed by atoms with Gasteiger partial charge in [-0.2, -0.15) is 13.2 Å². The van der Waals surface area contributed by atoms with Crippen molar-refractivity contribution in [2.75, 3.05) is 0 Å². The van der Waals surface area contributed by atoms with Gasteiger partial charge in [0, 0.05) is 25.9 Å². The van der Waals surface area contributed by atoms with Crippen LogP contribution >= 0.6 is 22.9 Å². The van der Waals surface area contributed by atoms with Crippen molar-refractivity contribution in [3.8, 4) is 43.1 Å². The second kappa shape index (κ2) is 9.37. The Balaban J connectivity index is 1.83. The zero-order valence-electron chi connectivity index (χ0n) is 18.7. The third-order valence-corrected chi connectivity index (χ3v) is 7.43. The van der Waals surface area contributed by atoms with Gasteiger partial charge in [-0.25, -0.2) is 0 Å². The quantitative estimate of drug-likeness (QED) is 0.228. The largest absolute Gasteiger partial charge is 0.416 e. The smallest absolute Gasteiger partial charge is 0.166 e. The predicted octanol–water partition coefficient (Wildman–Crippen LogP) is 10.4. The zero-order valence-corrected chi connectivity index (χ0v) is 20.3. The molecular weight excluding hydrogens is 485 g/mol. The molecule has 0 saturated heterocycles. The molecule has 0 saturated carbocycles. The van der Waals surface area contributed by atoms with Gasteiger partial charge in [0.15, 0.2) is 0 Å². The Morgan fingerprint density at radius 3 is 1.54 bits per heavy atom. The third-order valence-electron chi connectivity index (χ3n) is 5.89. The van der Waals surface area contributed by atoms with E-state index in [0.717, 1.165) is 60.8 Å². The first-order valence-electron chi connectivity index (χ1n) is 11.0. The maximum Gasteiger partial charge on any atom is 0.416 e. The molecule has 0 unspecified atom stereocenters. The molecule has 0 radical (unpaired) electrons. The van der Waals surface area contributed by atoms with E-state index in [2.05, 4.69) is 36.4 Å². The summed E-state index contributed by atoms with van der Waals surface area (Å²) in [4.78, 5) is 2.06. The molecule has 4 aromatic carbocycles. The van der Waals surface area contributed by atoms with Crippen LogP contribution in [0, 0.1) is 6.92 Å². The normalized spacial score (nSPS) is 11.6. The van der Waals surface area contributed by atoms with Crippen LogP contribution in [0.3, 0.4) is 0 Å². The standard InChI is InChI=1S/C30H20ClF3S/c1-19-7-9-23(10-8-19)29-26(20-11-15-24(16-12-20)30(32,33)34)27(21-13-17-25(31)18-14-21)28(35-29)22-5-3-2-4-6-22/h2-18H,1H3. The van der Waals surface area contributed by atoms with Gasteiger partial charge in [0.1, 0.15) is 0 Å². The van der Waals surface area contributed by atoms with Crippen LogP contribution < -0.4 is 0 Å². The highest BCUT2D eigenvalue weighted by Gasteiger charge is 2.30. The molecule has 35 heavy (non-hydrogen) atoms. The number of benzene rings is 4. The molecule has 0 aliphatic rings. The van der Waals surface area contributed by atoms with Gasteiger partial charge in [0.05, 0.1) is 5.56 Å². The Kier molecular flexibility index (Phi) is 6.26. The summed E-state index contributed by atoms with van der Waals surface area (Å²) in [5.41, 5.74) is 6.13. The average Bonchev–Trinajstić information content (AvgIpc) is 3.26. The van der Waals surface area contributed by atoms with E-state index in [9.17, 15) is 13.2 Å². The number of rotatable bonds is 4. The van der Waals surface area contributed by atoms with Gasteiger partial charge in [0.2, 0.25) is 0 Å². The second-order valence-electron chi connectivity index (χ2n) is 8.32. The highest BCUT2D eigenvalue weighted by atomic mass is 35.5. The van der Waals surface area contributed by atoms with E-state index in [1.54, 1.807) is 23.5 Å². The Morgan fingerprint density at radius 2 is 1.03 bits per heavy atom. The summed E-state index contributed by atoms with van der Waals surface area (Å²) in [6.45, 7) is 2.03. The first-order chi connectivity index (χ1) is 16.8. The van der Waals surface area contributed by atoms with Gasteiger partial charge in [0.25, 0.3) is 0 Å². The molecular formula is C30H20ClF3S. The molecule has 0 aliphatic carbocycles. The Labute approximate surface area is 211 Å². The fourth-order valence-electron chi connectivity index (χ4n) is 4.13. The topological polar surface area (TPSA) is 0 Å². The third kappa shape index (κ3) is 4.77. The van der Waals surface area contributed by atoms with Crippen LogP contribution in [0.15, 0.2) is 103 Å². The lowest BCUT2D eigenvalue weighted by Crippen LogP contribution is -2.04. The molecule has 1 heterocycles. The molecule has 5 heteroatoms. The van der Waals surface area contributed by atoms with Crippen molar-refractivity contribution >= 4 is 22.9 Å². The fraction of sp³-hybridized carbons (Fsp3) is 0.0667. The monoisotopic (exact) mass is 504 g/mol. The van der Waals surface area contributed by atoms with E-state index in [4.69, 9.17) is 11.6 Å². The summed E-state index contributed by atoms with van der Waals surface area (Å²) in [7, 11) is 0.